The van der Waals surface area contributed by atoms with E-state index >= 15 is 0 Å². The van der Waals surface area contributed by atoms with Gasteiger partial charge in [-0.3, -0.25) is 4.79 Å². The molecule has 3 N–H and O–H groups in total. The number of anilines is 1. The van der Waals surface area contributed by atoms with E-state index in [1.807, 2.05) is 30.3 Å². The van der Waals surface area contributed by atoms with Gasteiger partial charge in [0.15, 0.2) is 0 Å². The van der Waals surface area contributed by atoms with Gasteiger partial charge in [-0.2, -0.15) is 0 Å². The predicted molar refractivity (Wildman–Crippen MR) is 102 cm³/mol. The lowest BCUT2D eigenvalue weighted by molar-refractivity contribution is 0.0958. The van der Waals surface area contributed by atoms with Crippen LogP contribution in [-0.2, 0) is 4.74 Å². The minimum absolute atomic E-state index is 0.188. The molecule has 1 unspecified atom stereocenters. The summed E-state index contributed by atoms with van der Waals surface area (Å²) in [5, 5.41) is 8.20. The lowest BCUT2D eigenvalue weighted by atomic mass is 10.1. The number of hydrogen-bond donors (Lipinski definition) is 3. The fraction of sp³-hybridized carbons (Fsp3) is 0.200. The van der Waals surface area contributed by atoms with E-state index in [4.69, 9.17) is 4.74 Å². The smallest absolute Gasteiger partial charge is 0.319 e. The van der Waals surface area contributed by atoms with Gasteiger partial charge >= 0.3 is 6.03 Å². The van der Waals surface area contributed by atoms with E-state index in [1.54, 1.807) is 37.5 Å². The molecule has 0 saturated heterocycles. The molecule has 0 aliphatic carbocycles. The van der Waals surface area contributed by atoms with Crippen LogP contribution in [0.1, 0.15) is 22.0 Å². The number of nitrogens with one attached hydrogen (secondary N) is 3. The number of rotatable bonds is 8. The molecule has 0 bridgehead atoms. The van der Waals surface area contributed by atoms with Crippen molar-refractivity contribution in [2.75, 3.05) is 25.5 Å². The molecule has 6 nitrogen and oxygen atoms in total. The van der Waals surface area contributed by atoms with Crippen molar-refractivity contribution in [3.05, 3.63) is 78.4 Å². The van der Waals surface area contributed by atoms with E-state index in [0.29, 0.717) is 24.3 Å². The first-order valence-electron chi connectivity index (χ1n) is 8.25. The molecule has 0 radical (unpaired) electrons. The Morgan fingerprint density at radius 1 is 1.08 bits per heavy atom. The van der Waals surface area contributed by atoms with Crippen LogP contribution in [0.25, 0.3) is 0 Å². The van der Waals surface area contributed by atoms with E-state index in [0.717, 1.165) is 5.56 Å². The maximum absolute atomic E-state index is 12.1. The Morgan fingerprint density at radius 3 is 2.38 bits per heavy atom. The quantitative estimate of drug-likeness (QED) is 0.638. The predicted octanol–water partition coefficient (Wildman–Crippen LogP) is 3.11. The van der Waals surface area contributed by atoms with Crippen molar-refractivity contribution in [1.82, 2.24) is 10.6 Å². The Hall–Kier alpha value is -3.12. The normalized spacial score (nSPS) is 11.3. The monoisotopic (exact) mass is 353 g/mol. The van der Waals surface area contributed by atoms with Crippen molar-refractivity contribution in [3.8, 4) is 0 Å². The number of carbonyl (C=O) groups is 2. The van der Waals surface area contributed by atoms with E-state index in [9.17, 15) is 9.59 Å². The first-order chi connectivity index (χ1) is 12.6. The third-order valence-electron chi connectivity index (χ3n) is 3.72. The molecular weight excluding hydrogens is 330 g/mol. The third-order valence-corrected chi connectivity index (χ3v) is 3.72. The first-order valence-corrected chi connectivity index (χ1v) is 8.25. The number of urea groups is 1. The van der Waals surface area contributed by atoms with Gasteiger partial charge in [0.1, 0.15) is 0 Å². The molecule has 2 aromatic rings. The molecule has 0 heterocycles. The van der Waals surface area contributed by atoms with E-state index in [2.05, 4.69) is 22.5 Å². The number of amides is 3. The van der Waals surface area contributed by atoms with Gasteiger partial charge < -0.3 is 20.7 Å². The highest BCUT2D eigenvalue weighted by molar-refractivity contribution is 5.95. The molecule has 2 rings (SSSR count). The summed E-state index contributed by atoms with van der Waals surface area (Å²) in [7, 11) is 1.60. The second-order valence-electron chi connectivity index (χ2n) is 5.55. The molecule has 0 spiro atoms. The van der Waals surface area contributed by atoms with Crippen LogP contribution in [0.15, 0.2) is 67.3 Å². The molecule has 0 aliphatic heterocycles. The van der Waals surface area contributed by atoms with Crippen molar-refractivity contribution >= 4 is 17.6 Å². The largest absolute Gasteiger partial charge is 0.375 e. The molecule has 26 heavy (non-hydrogen) atoms. The standard InChI is InChI=1S/C20H23N3O3/c1-3-13-21-19(24)16-9-11-17(12-10-16)23-20(25)22-14-18(26-2)15-7-5-4-6-8-15/h3-12,18H,1,13-14H2,2H3,(H,21,24)(H2,22,23,25). The van der Waals surface area contributed by atoms with Crippen molar-refractivity contribution in [2.24, 2.45) is 0 Å². The lowest BCUT2D eigenvalue weighted by Crippen LogP contribution is -2.33. The minimum atomic E-state index is -0.341. The average molecular weight is 353 g/mol. The maximum Gasteiger partial charge on any atom is 0.319 e. The van der Waals surface area contributed by atoms with Crippen molar-refractivity contribution < 1.29 is 14.3 Å². The van der Waals surface area contributed by atoms with Crippen LogP contribution in [0.3, 0.4) is 0 Å². The Balaban J connectivity index is 1.85. The Bertz CT molecular complexity index is 730. The molecule has 2 aromatic carbocycles. The van der Waals surface area contributed by atoms with Gasteiger partial charge in [-0.25, -0.2) is 4.79 Å². The number of benzene rings is 2. The van der Waals surface area contributed by atoms with Crippen LogP contribution in [0, 0.1) is 0 Å². The molecule has 0 saturated carbocycles. The average Bonchev–Trinajstić information content (AvgIpc) is 2.68. The summed E-state index contributed by atoms with van der Waals surface area (Å²) in [6.07, 6.45) is 1.39. The summed E-state index contributed by atoms with van der Waals surface area (Å²) in [6.45, 7) is 4.30. The Morgan fingerprint density at radius 2 is 1.77 bits per heavy atom. The van der Waals surface area contributed by atoms with E-state index in [1.165, 1.54) is 0 Å². The molecular formula is C20H23N3O3. The van der Waals surface area contributed by atoms with Crippen molar-refractivity contribution in [1.29, 1.82) is 0 Å². The number of carbonyl (C=O) groups excluding carboxylic acids is 2. The van der Waals surface area contributed by atoms with Crippen LogP contribution in [0.2, 0.25) is 0 Å². The van der Waals surface area contributed by atoms with Gasteiger partial charge in [0.25, 0.3) is 5.91 Å². The number of hydrogen-bond acceptors (Lipinski definition) is 3. The highest BCUT2D eigenvalue weighted by atomic mass is 16.5. The molecule has 0 fully saturated rings. The SMILES string of the molecule is C=CCNC(=O)c1ccc(NC(=O)NCC(OC)c2ccccc2)cc1. The third kappa shape index (κ3) is 5.75. The Labute approximate surface area is 153 Å². The van der Waals surface area contributed by atoms with Gasteiger partial charge in [-0.05, 0) is 29.8 Å². The Kier molecular flexibility index (Phi) is 7.39. The van der Waals surface area contributed by atoms with Crippen molar-refractivity contribution in [3.63, 3.8) is 0 Å². The topological polar surface area (TPSA) is 79.5 Å². The number of methoxy groups -OCH3 is 1. The molecule has 136 valence electrons. The second kappa shape index (κ2) is 10.0. The van der Waals surface area contributed by atoms with Gasteiger partial charge in [-0.15, -0.1) is 6.58 Å². The molecule has 0 aromatic heterocycles. The van der Waals surface area contributed by atoms with Crippen LogP contribution >= 0.6 is 0 Å². The fourth-order valence-corrected chi connectivity index (χ4v) is 2.34. The summed E-state index contributed by atoms with van der Waals surface area (Å²) < 4.78 is 5.42. The van der Waals surface area contributed by atoms with E-state index < -0.39 is 0 Å². The molecule has 3 amide bonds. The molecule has 0 aliphatic rings. The summed E-state index contributed by atoms with van der Waals surface area (Å²) in [4.78, 5) is 23.9. The highest BCUT2D eigenvalue weighted by Crippen LogP contribution is 2.15. The second-order valence-corrected chi connectivity index (χ2v) is 5.55. The summed E-state index contributed by atoms with van der Waals surface area (Å²) >= 11 is 0. The zero-order valence-corrected chi connectivity index (χ0v) is 14.7. The van der Waals surface area contributed by atoms with Crippen LogP contribution in [0.5, 0.6) is 0 Å². The maximum atomic E-state index is 12.1. The zero-order chi connectivity index (χ0) is 18.8. The first kappa shape index (κ1) is 19.2. The lowest BCUT2D eigenvalue weighted by Gasteiger charge is -2.17. The van der Waals surface area contributed by atoms with Crippen LogP contribution in [-0.4, -0.2) is 32.1 Å². The fourth-order valence-electron chi connectivity index (χ4n) is 2.34. The zero-order valence-electron chi connectivity index (χ0n) is 14.7. The highest BCUT2D eigenvalue weighted by Gasteiger charge is 2.12. The van der Waals surface area contributed by atoms with E-state index in [-0.39, 0.29) is 18.0 Å². The van der Waals surface area contributed by atoms with Crippen molar-refractivity contribution in [2.45, 2.75) is 6.10 Å². The van der Waals surface area contributed by atoms with Crippen LogP contribution in [0.4, 0.5) is 10.5 Å². The van der Waals surface area contributed by atoms with Gasteiger partial charge in [0, 0.05) is 31.5 Å². The summed E-state index contributed by atoms with van der Waals surface area (Å²) in [5.74, 6) is -0.188. The molecule has 6 heteroatoms. The summed E-state index contributed by atoms with van der Waals surface area (Å²) in [5.41, 5.74) is 2.10. The minimum Gasteiger partial charge on any atom is -0.375 e. The molecule has 1 atom stereocenters. The van der Waals surface area contributed by atoms with Crippen LogP contribution < -0.4 is 16.0 Å². The van der Waals surface area contributed by atoms with Gasteiger partial charge in [-0.1, -0.05) is 36.4 Å². The van der Waals surface area contributed by atoms with Gasteiger partial charge in [0.05, 0.1) is 6.10 Å². The number of ether oxygens (including phenoxy) is 1. The summed E-state index contributed by atoms with van der Waals surface area (Å²) in [6, 6.07) is 16.0. The van der Waals surface area contributed by atoms with Gasteiger partial charge in [0.2, 0.25) is 0 Å².